The number of para-hydroxylation sites is 1. The van der Waals surface area contributed by atoms with Crippen LogP contribution in [0.2, 0.25) is 0 Å². The van der Waals surface area contributed by atoms with Gasteiger partial charge in [0.1, 0.15) is 5.41 Å². The van der Waals surface area contributed by atoms with E-state index in [1.807, 2.05) is 17.0 Å². The Kier molecular flexibility index (Phi) is 5.32. The Morgan fingerprint density at radius 1 is 1.18 bits per heavy atom. The van der Waals surface area contributed by atoms with Crippen molar-refractivity contribution in [2.45, 2.75) is 32.6 Å². The molecule has 3 aliphatic rings. The lowest BCUT2D eigenvalue weighted by atomic mass is 9.81. The maximum atomic E-state index is 13.0. The van der Waals surface area contributed by atoms with E-state index in [0.29, 0.717) is 26.2 Å². The minimum atomic E-state index is -0.787. The largest absolute Gasteiger partial charge is 0.481 e. The van der Waals surface area contributed by atoms with E-state index >= 15 is 0 Å². The average molecular weight is 386 g/mol. The van der Waals surface area contributed by atoms with Gasteiger partial charge in [0.05, 0.1) is 6.54 Å². The molecular weight excluding hydrogens is 354 g/mol. The lowest BCUT2D eigenvalue weighted by Crippen LogP contribution is -2.44. The maximum Gasteiger partial charge on any atom is 0.313 e. The van der Waals surface area contributed by atoms with Crippen molar-refractivity contribution in [3.05, 3.63) is 29.8 Å². The number of anilines is 1. The summed E-state index contributed by atoms with van der Waals surface area (Å²) in [6.07, 6.45) is 4.44. The Morgan fingerprint density at radius 3 is 2.75 bits per heavy atom. The Morgan fingerprint density at radius 2 is 2.00 bits per heavy atom. The number of likely N-dealkylation sites (tertiary alicyclic amines) is 2. The second-order valence-electron chi connectivity index (χ2n) is 8.67. The number of aliphatic carboxylic acids is 1. The summed E-state index contributed by atoms with van der Waals surface area (Å²) >= 11 is 0. The van der Waals surface area contributed by atoms with Crippen molar-refractivity contribution < 1.29 is 14.7 Å². The molecule has 4 rings (SSSR count). The third-order valence-electron chi connectivity index (χ3n) is 6.85. The van der Waals surface area contributed by atoms with Crippen LogP contribution in [-0.4, -0.2) is 72.6 Å². The number of carboxylic acid groups (broad SMARTS) is 1. The second-order valence-corrected chi connectivity index (χ2v) is 8.67. The first-order valence-electron chi connectivity index (χ1n) is 10.6. The number of nitrogens with zero attached hydrogens (tertiary/aromatic N) is 3. The topological polar surface area (TPSA) is 64.1 Å². The van der Waals surface area contributed by atoms with E-state index in [0.717, 1.165) is 38.2 Å². The summed E-state index contributed by atoms with van der Waals surface area (Å²) in [5.41, 5.74) is 1.65. The molecule has 0 bridgehead atoms. The van der Waals surface area contributed by atoms with Crippen molar-refractivity contribution in [1.29, 1.82) is 0 Å². The quantitative estimate of drug-likeness (QED) is 0.728. The van der Waals surface area contributed by atoms with Crippen LogP contribution in [0.3, 0.4) is 0 Å². The molecule has 28 heavy (non-hydrogen) atoms. The Hall–Kier alpha value is -2.08. The molecule has 0 aliphatic carbocycles. The Bertz CT molecular complexity index is 752. The van der Waals surface area contributed by atoms with Crippen molar-refractivity contribution in [2.75, 3.05) is 50.7 Å². The standard InChI is InChI=1S/C22H31N3O3/c1-2-3-6-10-23-12-18-13-25(16-22(18,15-23)21(27)28)20(26)14-24-11-9-17-7-4-5-8-19(17)24/h4-5,7-8,18H,2-3,6,9-16H2,1H3,(H,27,28)/t18-,22-/m0/s1. The van der Waals surface area contributed by atoms with Crippen molar-refractivity contribution in [1.82, 2.24) is 9.80 Å². The van der Waals surface area contributed by atoms with Gasteiger partial charge in [-0.1, -0.05) is 38.0 Å². The molecule has 1 N–H and O–H groups in total. The lowest BCUT2D eigenvalue weighted by molar-refractivity contribution is -0.149. The molecule has 6 nitrogen and oxygen atoms in total. The molecule has 0 radical (unpaired) electrons. The molecule has 3 heterocycles. The van der Waals surface area contributed by atoms with Crippen LogP contribution >= 0.6 is 0 Å². The van der Waals surface area contributed by atoms with Gasteiger partial charge < -0.3 is 19.8 Å². The van der Waals surface area contributed by atoms with Gasteiger partial charge >= 0.3 is 5.97 Å². The molecule has 3 aliphatic heterocycles. The SMILES string of the molecule is CCCCCN1C[C@H]2CN(C(=O)CN3CCc4ccccc43)C[C@@]2(C(=O)O)C1. The smallest absolute Gasteiger partial charge is 0.313 e. The summed E-state index contributed by atoms with van der Waals surface area (Å²) in [7, 11) is 0. The molecule has 2 atom stereocenters. The van der Waals surface area contributed by atoms with E-state index in [-0.39, 0.29) is 11.8 Å². The van der Waals surface area contributed by atoms with E-state index in [1.54, 1.807) is 0 Å². The molecular formula is C22H31N3O3. The highest BCUT2D eigenvalue weighted by molar-refractivity contribution is 5.85. The molecule has 0 saturated carbocycles. The molecule has 1 amide bonds. The highest BCUT2D eigenvalue weighted by Gasteiger charge is 2.58. The number of benzene rings is 1. The fraction of sp³-hybridized carbons (Fsp3) is 0.636. The molecule has 0 spiro atoms. The summed E-state index contributed by atoms with van der Waals surface area (Å²) in [6.45, 7) is 6.66. The number of hydrogen-bond acceptors (Lipinski definition) is 4. The summed E-state index contributed by atoms with van der Waals surface area (Å²) in [4.78, 5) is 31.4. The molecule has 2 fully saturated rings. The Balaban J connectivity index is 1.39. The zero-order chi connectivity index (χ0) is 19.7. The van der Waals surface area contributed by atoms with Crippen molar-refractivity contribution in [2.24, 2.45) is 11.3 Å². The summed E-state index contributed by atoms with van der Waals surface area (Å²) in [5, 5.41) is 10.0. The first-order valence-corrected chi connectivity index (χ1v) is 10.6. The van der Waals surface area contributed by atoms with Crippen LogP contribution in [0.15, 0.2) is 24.3 Å². The van der Waals surface area contributed by atoms with Gasteiger partial charge in [0.15, 0.2) is 0 Å². The number of carbonyl (C=O) groups is 2. The molecule has 6 heteroatoms. The van der Waals surface area contributed by atoms with Crippen LogP contribution in [0.25, 0.3) is 0 Å². The predicted molar refractivity (Wildman–Crippen MR) is 108 cm³/mol. The molecule has 152 valence electrons. The lowest BCUT2D eigenvalue weighted by Gasteiger charge is -2.27. The van der Waals surface area contributed by atoms with Crippen LogP contribution in [0.1, 0.15) is 31.7 Å². The average Bonchev–Trinajstić information content (AvgIpc) is 3.33. The first-order chi connectivity index (χ1) is 13.5. The number of hydrogen-bond donors (Lipinski definition) is 1. The molecule has 2 saturated heterocycles. The zero-order valence-electron chi connectivity index (χ0n) is 16.8. The second kappa shape index (κ2) is 7.74. The van der Waals surface area contributed by atoms with Crippen LogP contribution in [-0.2, 0) is 16.0 Å². The normalized spacial score (nSPS) is 26.5. The minimum absolute atomic E-state index is 0.0430. The number of fused-ring (bicyclic) bond motifs is 2. The fourth-order valence-electron chi connectivity index (χ4n) is 5.25. The Labute approximate surface area is 167 Å². The number of carboxylic acids is 1. The van der Waals surface area contributed by atoms with Gasteiger partial charge in [-0.3, -0.25) is 9.59 Å². The molecule has 0 aromatic heterocycles. The predicted octanol–water partition coefficient (Wildman–Crippen LogP) is 2.08. The summed E-state index contributed by atoms with van der Waals surface area (Å²) in [5.74, 6) is -0.636. The maximum absolute atomic E-state index is 13.0. The van der Waals surface area contributed by atoms with Gasteiger partial charge in [0.25, 0.3) is 0 Å². The zero-order valence-corrected chi connectivity index (χ0v) is 16.8. The number of unbranched alkanes of at least 4 members (excludes halogenated alkanes) is 2. The van der Waals surface area contributed by atoms with Crippen molar-refractivity contribution in [3.63, 3.8) is 0 Å². The van der Waals surface area contributed by atoms with Gasteiger partial charge in [0, 0.05) is 44.3 Å². The van der Waals surface area contributed by atoms with E-state index in [1.165, 1.54) is 18.4 Å². The number of rotatable bonds is 7. The van der Waals surface area contributed by atoms with E-state index in [9.17, 15) is 14.7 Å². The summed E-state index contributed by atoms with van der Waals surface area (Å²) in [6, 6.07) is 8.23. The van der Waals surface area contributed by atoms with Gasteiger partial charge in [-0.25, -0.2) is 0 Å². The van der Waals surface area contributed by atoms with Crippen molar-refractivity contribution >= 4 is 17.6 Å². The highest BCUT2D eigenvalue weighted by Crippen LogP contribution is 2.43. The summed E-state index contributed by atoms with van der Waals surface area (Å²) < 4.78 is 0. The molecule has 1 aromatic carbocycles. The van der Waals surface area contributed by atoms with Crippen molar-refractivity contribution in [3.8, 4) is 0 Å². The first kappa shape index (κ1) is 19.2. The monoisotopic (exact) mass is 385 g/mol. The highest BCUT2D eigenvalue weighted by atomic mass is 16.4. The molecule has 1 aromatic rings. The fourth-order valence-corrected chi connectivity index (χ4v) is 5.25. The van der Waals surface area contributed by atoms with Crippen LogP contribution in [0.5, 0.6) is 0 Å². The minimum Gasteiger partial charge on any atom is -0.481 e. The van der Waals surface area contributed by atoms with Gasteiger partial charge in [-0.05, 0) is 31.0 Å². The van der Waals surface area contributed by atoms with Crippen LogP contribution in [0, 0.1) is 11.3 Å². The van der Waals surface area contributed by atoms with Crippen LogP contribution in [0.4, 0.5) is 5.69 Å². The van der Waals surface area contributed by atoms with Crippen LogP contribution < -0.4 is 4.90 Å². The third-order valence-corrected chi connectivity index (χ3v) is 6.85. The van der Waals surface area contributed by atoms with E-state index in [2.05, 4.69) is 28.9 Å². The van der Waals surface area contributed by atoms with Gasteiger partial charge in [-0.2, -0.15) is 0 Å². The number of carbonyl (C=O) groups excluding carboxylic acids is 1. The number of amides is 1. The van der Waals surface area contributed by atoms with Gasteiger partial charge in [0.2, 0.25) is 5.91 Å². The van der Waals surface area contributed by atoms with Gasteiger partial charge in [-0.15, -0.1) is 0 Å². The third kappa shape index (κ3) is 3.39. The van der Waals surface area contributed by atoms with E-state index in [4.69, 9.17) is 0 Å². The van der Waals surface area contributed by atoms with E-state index < -0.39 is 11.4 Å². The molecule has 0 unspecified atom stereocenters.